The molecular formula is C25H29FN4S. The van der Waals surface area contributed by atoms with Gasteiger partial charge in [0.25, 0.3) is 0 Å². The van der Waals surface area contributed by atoms with E-state index in [0.717, 1.165) is 40.9 Å². The van der Waals surface area contributed by atoms with Gasteiger partial charge >= 0.3 is 0 Å². The van der Waals surface area contributed by atoms with Crippen molar-refractivity contribution in [2.75, 3.05) is 13.1 Å². The maximum absolute atomic E-state index is 13.6. The van der Waals surface area contributed by atoms with Crippen molar-refractivity contribution in [3.05, 3.63) is 77.5 Å². The highest BCUT2D eigenvalue weighted by atomic mass is 32.2. The second-order valence-corrected chi connectivity index (χ2v) is 9.72. The molecule has 2 N–H and O–H groups in total. The van der Waals surface area contributed by atoms with Gasteiger partial charge in [-0.3, -0.25) is 0 Å². The van der Waals surface area contributed by atoms with Crippen LogP contribution in [0.15, 0.2) is 64.7 Å². The molecule has 0 atom stereocenters. The van der Waals surface area contributed by atoms with Crippen molar-refractivity contribution in [1.29, 1.82) is 0 Å². The van der Waals surface area contributed by atoms with Crippen molar-refractivity contribution >= 4 is 11.8 Å². The van der Waals surface area contributed by atoms with Gasteiger partial charge in [0, 0.05) is 35.8 Å². The van der Waals surface area contributed by atoms with E-state index in [0.29, 0.717) is 6.54 Å². The first kappa shape index (κ1) is 21.7. The lowest BCUT2D eigenvalue weighted by Crippen LogP contribution is -2.49. The lowest BCUT2D eigenvalue weighted by Gasteiger charge is -2.44. The zero-order valence-corrected chi connectivity index (χ0v) is 19.4. The third-order valence-electron chi connectivity index (χ3n) is 5.84. The monoisotopic (exact) mass is 436 g/mol. The van der Waals surface area contributed by atoms with Crippen molar-refractivity contribution in [1.82, 2.24) is 14.5 Å². The van der Waals surface area contributed by atoms with Crippen LogP contribution in [-0.4, -0.2) is 27.5 Å². The molecule has 0 aliphatic carbocycles. The topological polar surface area (TPSA) is 47.1 Å². The van der Waals surface area contributed by atoms with Crippen LogP contribution in [0.2, 0.25) is 0 Å². The van der Waals surface area contributed by atoms with Crippen molar-refractivity contribution < 1.29 is 4.39 Å². The Balaban J connectivity index is 1.87. The lowest BCUT2D eigenvalue weighted by molar-refractivity contribution is 0.114. The largest absolute Gasteiger partial charge is 0.360 e. The fourth-order valence-electron chi connectivity index (χ4n) is 4.38. The van der Waals surface area contributed by atoms with Crippen LogP contribution in [0.3, 0.4) is 0 Å². The van der Waals surface area contributed by atoms with Gasteiger partial charge in [0.05, 0.1) is 5.54 Å². The van der Waals surface area contributed by atoms with Crippen LogP contribution in [0, 0.1) is 19.7 Å². The van der Waals surface area contributed by atoms with Gasteiger partial charge in [0.15, 0.2) is 0 Å². The molecule has 0 spiro atoms. The quantitative estimate of drug-likeness (QED) is 0.575. The number of hydrogen-bond acceptors (Lipinski definition) is 4. The van der Waals surface area contributed by atoms with E-state index in [-0.39, 0.29) is 11.4 Å². The van der Waals surface area contributed by atoms with Crippen LogP contribution >= 0.6 is 11.8 Å². The molecule has 1 aliphatic heterocycles. The number of aromatic nitrogens is 2. The number of benzene rings is 2. The van der Waals surface area contributed by atoms with Crippen molar-refractivity contribution in [2.45, 2.75) is 49.7 Å². The second-order valence-electron chi connectivity index (χ2n) is 8.65. The van der Waals surface area contributed by atoms with E-state index in [4.69, 9.17) is 10.7 Å². The summed E-state index contributed by atoms with van der Waals surface area (Å²) in [5, 5.41) is 1.08. The van der Waals surface area contributed by atoms with Crippen molar-refractivity contribution in [3.63, 3.8) is 0 Å². The number of aryl methyl sites for hydroxylation is 2. The molecule has 0 amide bonds. The molecule has 0 bridgehead atoms. The van der Waals surface area contributed by atoms with Crippen LogP contribution in [0.5, 0.6) is 0 Å². The summed E-state index contributed by atoms with van der Waals surface area (Å²) in [4.78, 5) is 8.53. The Morgan fingerprint density at radius 1 is 1.13 bits per heavy atom. The van der Waals surface area contributed by atoms with Gasteiger partial charge in [-0.1, -0.05) is 24.4 Å². The van der Waals surface area contributed by atoms with Gasteiger partial charge < -0.3 is 15.2 Å². The second kappa shape index (κ2) is 8.17. The maximum atomic E-state index is 13.6. The van der Waals surface area contributed by atoms with Gasteiger partial charge in [-0.25, -0.2) is 9.37 Å². The SMILES string of the molecule is C=C(CN)N1CCn2c(nc(-c3ccc(F)cc3)c2Sc2cc(C)cc(C)c2)C1(C)C. The van der Waals surface area contributed by atoms with Gasteiger partial charge in [-0.2, -0.15) is 0 Å². The molecule has 162 valence electrons. The van der Waals surface area contributed by atoms with E-state index >= 15 is 0 Å². The highest BCUT2D eigenvalue weighted by Crippen LogP contribution is 2.43. The third-order valence-corrected chi connectivity index (χ3v) is 6.91. The molecule has 0 fully saturated rings. The Hall–Kier alpha value is -2.57. The minimum atomic E-state index is -0.356. The molecule has 1 aliphatic rings. The number of rotatable bonds is 5. The van der Waals surface area contributed by atoms with Crippen molar-refractivity contribution in [2.24, 2.45) is 5.73 Å². The highest BCUT2D eigenvalue weighted by Gasteiger charge is 2.39. The minimum absolute atomic E-state index is 0.248. The summed E-state index contributed by atoms with van der Waals surface area (Å²) < 4.78 is 15.9. The fraction of sp³-hybridized carbons (Fsp3) is 0.320. The summed E-state index contributed by atoms with van der Waals surface area (Å²) in [7, 11) is 0. The molecule has 0 saturated heterocycles. The van der Waals surface area contributed by atoms with Gasteiger partial charge in [-0.15, -0.1) is 0 Å². The molecule has 4 nitrogen and oxygen atoms in total. The number of fused-ring (bicyclic) bond motifs is 1. The number of nitrogens with zero attached hydrogens (tertiary/aromatic N) is 3. The predicted molar refractivity (Wildman–Crippen MR) is 126 cm³/mol. The highest BCUT2D eigenvalue weighted by molar-refractivity contribution is 7.99. The molecule has 31 heavy (non-hydrogen) atoms. The van der Waals surface area contributed by atoms with Gasteiger partial charge in [0.2, 0.25) is 0 Å². The van der Waals surface area contributed by atoms with Gasteiger partial charge in [0.1, 0.15) is 22.4 Å². The molecular weight excluding hydrogens is 407 g/mol. The van der Waals surface area contributed by atoms with E-state index < -0.39 is 0 Å². The fourth-order valence-corrected chi connectivity index (χ4v) is 5.64. The number of imidazole rings is 1. The van der Waals surface area contributed by atoms with E-state index in [1.165, 1.54) is 28.2 Å². The molecule has 0 unspecified atom stereocenters. The lowest BCUT2D eigenvalue weighted by atomic mass is 9.98. The Kier molecular flexibility index (Phi) is 5.71. The average molecular weight is 437 g/mol. The maximum Gasteiger partial charge on any atom is 0.135 e. The summed E-state index contributed by atoms with van der Waals surface area (Å²) >= 11 is 1.72. The van der Waals surface area contributed by atoms with Crippen LogP contribution in [-0.2, 0) is 12.1 Å². The molecule has 0 radical (unpaired) electrons. The van der Waals surface area contributed by atoms with Crippen LogP contribution in [0.4, 0.5) is 4.39 Å². The number of halogens is 1. The first-order valence-corrected chi connectivity index (χ1v) is 11.3. The molecule has 3 aromatic rings. The minimum Gasteiger partial charge on any atom is -0.360 e. The Morgan fingerprint density at radius 3 is 2.39 bits per heavy atom. The number of nitrogens with two attached hydrogens (primary N) is 1. The zero-order chi connectivity index (χ0) is 22.3. The smallest absolute Gasteiger partial charge is 0.135 e. The first-order valence-electron chi connectivity index (χ1n) is 10.5. The molecule has 0 saturated carbocycles. The van der Waals surface area contributed by atoms with Crippen LogP contribution < -0.4 is 5.73 Å². The summed E-state index contributed by atoms with van der Waals surface area (Å²) in [5.74, 6) is 0.724. The number of hydrogen-bond donors (Lipinski definition) is 1. The summed E-state index contributed by atoms with van der Waals surface area (Å²) in [6.07, 6.45) is 0. The van der Waals surface area contributed by atoms with E-state index in [2.05, 4.69) is 61.9 Å². The van der Waals surface area contributed by atoms with E-state index in [1.807, 2.05) is 0 Å². The first-order chi connectivity index (χ1) is 14.7. The predicted octanol–water partition coefficient (Wildman–Crippen LogP) is 5.48. The summed E-state index contributed by atoms with van der Waals surface area (Å²) in [6.45, 7) is 14.7. The normalized spacial score (nSPS) is 15.1. The van der Waals surface area contributed by atoms with Crippen LogP contribution in [0.1, 0.15) is 30.8 Å². The summed E-state index contributed by atoms with van der Waals surface area (Å²) in [5.41, 5.74) is 10.7. The molecule has 4 rings (SSSR count). The van der Waals surface area contributed by atoms with Crippen LogP contribution in [0.25, 0.3) is 11.3 Å². The molecule has 6 heteroatoms. The molecule has 1 aromatic heterocycles. The van der Waals surface area contributed by atoms with E-state index in [1.54, 1.807) is 23.9 Å². The standard InChI is InChI=1S/C25H29FN4S/c1-16-12-17(2)14-21(13-16)31-23-22(19-6-8-20(26)9-7-19)28-24-25(4,5)30(18(3)15-27)11-10-29(23)24/h6-9,12-14H,3,10-11,15,27H2,1-2,4-5H3. The summed E-state index contributed by atoms with van der Waals surface area (Å²) in [6, 6.07) is 13.2. The van der Waals surface area contributed by atoms with Crippen molar-refractivity contribution in [3.8, 4) is 11.3 Å². The third kappa shape index (κ3) is 4.02. The molecule has 2 aromatic carbocycles. The Morgan fingerprint density at radius 2 is 1.77 bits per heavy atom. The van der Waals surface area contributed by atoms with E-state index in [9.17, 15) is 4.39 Å². The Labute approximate surface area is 188 Å². The zero-order valence-electron chi connectivity index (χ0n) is 18.6. The Bertz CT molecular complexity index is 1110. The van der Waals surface area contributed by atoms with Gasteiger partial charge in [-0.05, 0) is 75.2 Å². The molecule has 2 heterocycles. The average Bonchev–Trinajstić information content (AvgIpc) is 3.07.